The smallest absolute Gasteiger partial charge is 0.311 e. The van der Waals surface area contributed by atoms with E-state index in [1.165, 1.54) is 0 Å². The second-order valence-electron chi connectivity index (χ2n) is 7.90. The Labute approximate surface area is 198 Å². The van der Waals surface area contributed by atoms with Crippen molar-refractivity contribution in [2.24, 2.45) is 10.9 Å². The predicted octanol–water partition coefficient (Wildman–Crippen LogP) is 5.69. The molecule has 2 aromatic rings. The average Bonchev–Trinajstić information content (AvgIpc) is 3.33. The maximum atomic E-state index is 11.9. The largest absolute Gasteiger partial charge is 0.508 e. The molecule has 3 unspecified atom stereocenters. The fourth-order valence-electron chi connectivity index (χ4n) is 3.84. The minimum absolute atomic E-state index is 0.0129. The summed E-state index contributed by atoms with van der Waals surface area (Å²) in [4.78, 5) is 15.9. The number of rotatable bonds is 8. The number of aromatic hydroxyl groups is 1. The number of carbonyl (C=O) groups is 1. The number of hydrogen-bond acceptors (Lipinski definition) is 6. The number of para-hydroxylation sites is 1. The third kappa shape index (κ3) is 6.11. The molecular weight excluding hydrogens is 442 g/mol. The highest BCUT2D eigenvalue weighted by atomic mass is 35.5. The highest BCUT2D eigenvalue weighted by molar-refractivity contribution is 6.31. The van der Waals surface area contributed by atoms with Crippen LogP contribution in [-0.2, 0) is 19.0 Å². The Morgan fingerprint density at radius 1 is 1.15 bits per heavy atom. The summed E-state index contributed by atoms with van der Waals surface area (Å²) >= 11 is 6.35. The molecule has 0 aliphatic carbocycles. The van der Waals surface area contributed by atoms with Gasteiger partial charge in [0.15, 0.2) is 6.29 Å². The van der Waals surface area contributed by atoms with E-state index in [1.54, 1.807) is 30.5 Å². The van der Waals surface area contributed by atoms with Crippen LogP contribution in [0.3, 0.4) is 0 Å². The molecule has 33 heavy (non-hydrogen) atoms. The van der Waals surface area contributed by atoms with Crippen molar-refractivity contribution < 1.29 is 24.1 Å². The summed E-state index contributed by atoms with van der Waals surface area (Å²) in [5.41, 5.74) is 1.47. The quantitative estimate of drug-likeness (QED) is 0.399. The van der Waals surface area contributed by atoms with Crippen LogP contribution in [0.15, 0.2) is 77.5 Å². The third-order valence-electron chi connectivity index (χ3n) is 5.54. The number of hydrogen-bond donors (Lipinski definition) is 1. The van der Waals surface area contributed by atoms with E-state index in [0.717, 1.165) is 5.56 Å². The molecule has 1 fully saturated rings. The Hall–Kier alpha value is -2.93. The molecule has 0 saturated carbocycles. The lowest BCUT2D eigenvalue weighted by molar-refractivity contribution is -0.244. The summed E-state index contributed by atoms with van der Waals surface area (Å²) in [7, 11) is 0. The van der Waals surface area contributed by atoms with Crippen LogP contribution >= 0.6 is 11.6 Å². The fourth-order valence-corrected chi connectivity index (χ4v) is 4.07. The van der Waals surface area contributed by atoms with E-state index < -0.39 is 6.29 Å². The minimum Gasteiger partial charge on any atom is -0.508 e. The van der Waals surface area contributed by atoms with Gasteiger partial charge in [0.25, 0.3) is 0 Å². The van der Waals surface area contributed by atoms with Gasteiger partial charge in [0.1, 0.15) is 11.5 Å². The first-order valence-corrected chi connectivity index (χ1v) is 11.3. The lowest BCUT2D eigenvalue weighted by Crippen LogP contribution is -2.30. The lowest BCUT2D eigenvalue weighted by Gasteiger charge is -2.37. The highest BCUT2D eigenvalue weighted by Crippen LogP contribution is 2.43. The van der Waals surface area contributed by atoms with Crippen molar-refractivity contribution >= 4 is 23.8 Å². The zero-order valence-electron chi connectivity index (χ0n) is 18.1. The molecular formula is C26H26ClNO5. The summed E-state index contributed by atoms with van der Waals surface area (Å²) in [5, 5.41) is 11.0. The molecule has 0 radical (unpaired) electrons. The first kappa shape index (κ1) is 23.2. The fraction of sp³-hybridized carbons (Fsp3) is 0.308. The number of nitrogens with zero attached hydrogens (tertiary/aromatic N) is 1. The summed E-state index contributed by atoms with van der Waals surface area (Å²) in [5.74, 6) is 0.486. The van der Waals surface area contributed by atoms with Crippen LogP contribution in [-0.4, -0.2) is 30.4 Å². The summed E-state index contributed by atoms with van der Waals surface area (Å²) in [6.45, 7) is 0.863. The summed E-state index contributed by atoms with van der Waals surface area (Å²) in [6, 6.07) is 14.6. The number of benzene rings is 2. The van der Waals surface area contributed by atoms with E-state index in [9.17, 15) is 9.90 Å². The predicted molar refractivity (Wildman–Crippen MR) is 126 cm³/mol. The SMILES string of the molecule is O=C(CC/C=C\CC1COC(c2ccccc2Cl)OC1c1ccccc1O)OC1=CC=NC1. The minimum atomic E-state index is -0.618. The molecule has 4 rings (SSSR count). The molecule has 1 N–H and O–H groups in total. The Kier molecular flexibility index (Phi) is 7.94. The van der Waals surface area contributed by atoms with Crippen LogP contribution in [0.1, 0.15) is 42.8 Å². The molecule has 0 bridgehead atoms. The molecule has 2 aromatic carbocycles. The molecule has 0 amide bonds. The van der Waals surface area contributed by atoms with E-state index in [-0.39, 0.29) is 23.7 Å². The van der Waals surface area contributed by atoms with Crippen LogP contribution in [0.25, 0.3) is 0 Å². The van der Waals surface area contributed by atoms with Gasteiger partial charge in [-0.25, -0.2) is 0 Å². The first-order valence-electron chi connectivity index (χ1n) is 11.0. The van der Waals surface area contributed by atoms with Gasteiger partial charge in [0.2, 0.25) is 0 Å². The number of phenols is 1. The molecule has 7 heteroatoms. The lowest BCUT2D eigenvalue weighted by atomic mass is 9.91. The molecule has 2 aliphatic rings. The highest BCUT2D eigenvalue weighted by Gasteiger charge is 2.35. The van der Waals surface area contributed by atoms with Gasteiger partial charge in [0.05, 0.1) is 19.3 Å². The van der Waals surface area contributed by atoms with Crippen molar-refractivity contribution in [3.05, 3.63) is 88.7 Å². The van der Waals surface area contributed by atoms with Crippen molar-refractivity contribution in [1.29, 1.82) is 0 Å². The van der Waals surface area contributed by atoms with Crippen molar-refractivity contribution in [3.8, 4) is 5.75 Å². The van der Waals surface area contributed by atoms with Crippen LogP contribution in [0.2, 0.25) is 5.02 Å². The topological polar surface area (TPSA) is 77.4 Å². The Bertz CT molecular complexity index is 1060. The second-order valence-corrected chi connectivity index (χ2v) is 8.31. The van der Waals surface area contributed by atoms with Gasteiger partial charge in [-0.1, -0.05) is 60.2 Å². The maximum absolute atomic E-state index is 11.9. The van der Waals surface area contributed by atoms with Gasteiger partial charge in [-0.3, -0.25) is 9.79 Å². The van der Waals surface area contributed by atoms with Crippen molar-refractivity contribution in [1.82, 2.24) is 0 Å². The van der Waals surface area contributed by atoms with E-state index in [4.69, 9.17) is 25.8 Å². The Morgan fingerprint density at radius 2 is 1.94 bits per heavy atom. The summed E-state index contributed by atoms with van der Waals surface area (Å²) in [6.07, 6.45) is 7.86. The molecule has 2 aliphatic heterocycles. The van der Waals surface area contributed by atoms with Crippen LogP contribution < -0.4 is 0 Å². The van der Waals surface area contributed by atoms with Gasteiger partial charge in [-0.2, -0.15) is 0 Å². The number of phenolic OH excluding ortho intramolecular Hbond substituents is 1. The first-order chi connectivity index (χ1) is 16.1. The Morgan fingerprint density at radius 3 is 2.70 bits per heavy atom. The third-order valence-corrected chi connectivity index (χ3v) is 5.89. The zero-order valence-corrected chi connectivity index (χ0v) is 18.9. The second kappa shape index (κ2) is 11.3. The molecule has 3 atom stereocenters. The van der Waals surface area contributed by atoms with Gasteiger partial charge in [-0.05, 0) is 31.1 Å². The monoisotopic (exact) mass is 467 g/mol. The molecule has 2 heterocycles. The van der Waals surface area contributed by atoms with Crippen LogP contribution in [0, 0.1) is 5.92 Å². The molecule has 6 nitrogen and oxygen atoms in total. The molecule has 0 spiro atoms. The molecule has 0 aromatic heterocycles. The number of carbonyl (C=O) groups excluding carboxylic acids is 1. The maximum Gasteiger partial charge on any atom is 0.311 e. The van der Waals surface area contributed by atoms with Gasteiger partial charge < -0.3 is 19.3 Å². The van der Waals surface area contributed by atoms with E-state index >= 15 is 0 Å². The normalized spacial score (nSPS) is 22.5. The number of ether oxygens (including phenoxy) is 3. The zero-order chi connectivity index (χ0) is 23.0. The Balaban J connectivity index is 1.37. The van der Waals surface area contributed by atoms with Crippen molar-refractivity contribution in [2.75, 3.05) is 13.2 Å². The number of halogens is 1. The van der Waals surface area contributed by atoms with Gasteiger partial charge in [-0.15, -0.1) is 0 Å². The molecule has 172 valence electrons. The number of allylic oxidation sites excluding steroid dienone is 3. The molecule has 1 saturated heterocycles. The standard InChI is InChI=1S/C26H26ClNO5/c27-22-11-6-4-9-20(22)26-31-17-18(25(33-26)21-10-5-7-12-23(21)29)8-2-1-3-13-24(30)32-19-14-15-28-16-19/h1-2,4-7,9-12,14-15,18,25-26,29H,3,8,13,16-17H2/b2-1-. The van der Waals surface area contributed by atoms with Crippen LogP contribution in [0.4, 0.5) is 0 Å². The van der Waals surface area contributed by atoms with E-state index in [1.807, 2.05) is 42.5 Å². The van der Waals surface area contributed by atoms with E-state index in [0.29, 0.717) is 48.8 Å². The van der Waals surface area contributed by atoms with E-state index in [2.05, 4.69) is 4.99 Å². The number of esters is 1. The number of aliphatic imine (C=N–C) groups is 1. The van der Waals surface area contributed by atoms with Gasteiger partial charge >= 0.3 is 5.97 Å². The average molecular weight is 468 g/mol. The van der Waals surface area contributed by atoms with Crippen LogP contribution in [0.5, 0.6) is 5.75 Å². The van der Waals surface area contributed by atoms with Crippen molar-refractivity contribution in [3.63, 3.8) is 0 Å². The van der Waals surface area contributed by atoms with Crippen molar-refractivity contribution in [2.45, 2.75) is 31.7 Å². The van der Waals surface area contributed by atoms with Gasteiger partial charge in [0, 0.05) is 34.7 Å². The summed E-state index contributed by atoms with van der Waals surface area (Å²) < 4.78 is 17.6.